The molecule has 0 amide bonds. The number of aromatic nitrogens is 2. The smallest absolute Gasteiger partial charge is 0.449 e. The van der Waals surface area contributed by atoms with Gasteiger partial charge in [-0.3, -0.25) is 4.98 Å². The van der Waals surface area contributed by atoms with Gasteiger partial charge in [0.25, 0.3) is 0 Å². The molecule has 182 valence electrons. The van der Waals surface area contributed by atoms with Crippen LogP contribution in [0.4, 0.5) is 4.79 Å². The zero-order valence-corrected chi connectivity index (χ0v) is 21.2. The van der Waals surface area contributed by atoms with E-state index in [1.54, 1.807) is 12.4 Å². The maximum atomic E-state index is 11.5. The number of pyridine rings is 1. The van der Waals surface area contributed by atoms with E-state index in [1.807, 2.05) is 24.3 Å². The first-order chi connectivity index (χ1) is 17.0. The van der Waals surface area contributed by atoms with E-state index in [2.05, 4.69) is 34.0 Å². The normalized spacial score (nSPS) is 14.5. The van der Waals surface area contributed by atoms with E-state index in [4.69, 9.17) is 16.3 Å². The summed E-state index contributed by atoms with van der Waals surface area (Å²) in [5.74, 6) is 0.437. The fourth-order valence-corrected chi connectivity index (χ4v) is 6.70. The largest absolute Gasteiger partial charge is 0.512 e. The van der Waals surface area contributed by atoms with Crippen molar-refractivity contribution >= 4 is 39.3 Å². The molecule has 1 saturated carbocycles. The molecule has 2 N–H and O–H groups in total. The van der Waals surface area contributed by atoms with Crippen molar-refractivity contribution in [3.63, 3.8) is 0 Å². The number of carbonyl (C=O) groups is 1. The number of nitrogens with zero attached hydrogens (tertiary/aromatic N) is 2. The average Bonchev–Trinajstić information content (AvgIpc) is 3.34. The van der Waals surface area contributed by atoms with Gasteiger partial charge < -0.3 is 19.7 Å². The Morgan fingerprint density at radius 2 is 1.86 bits per heavy atom. The summed E-state index contributed by atoms with van der Waals surface area (Å²) in [6.07, 6.45) is 8.23. The van der Waals surface area contributed by atoms with E-state index >= 15 is 0 Å². The van der Waals surface area contributed by atoms with Gasteiger partial charge in [0.05, 0.1) is 15.9 Å². The number of aryl methyl sites for hydroxylation is 1. The van der Waals surface area contributed by atoms with Crippen LogP contribution < -0.4 is 10.1 Å². The molecule has 3 heterocycles. The first-order valence-electron chi connectivity index (χ1n) is 11.9. The van der Waals surface area contributed by atoms with Crippen molar-refractivity contribution in [2.75, 3.05) is 0 Å². The lowest BCUT2D eigenvalue weighted by atomic mass is 9.83. The standard InChI is InChI=1S/C27H28ClN3O3S/c1-31-23(19-7-9-20(28)10-8-19)22(18-5-3-2-4-6-18)25-24(31)21(26(35-25)34-27(32)33)16-30-15-17-11-13-29-14-12-17/h7-14,18,30H,2-6,15-16H2,1H3,(H,32,33). The molecule has 4 aromatic rings. The summed E-state index contributed by atoms with van der Waals surface area (Å²) in [6, 6.07) is 11.9. The van der Waals surface area contributed by atoms with Crippen LogP contribution in [0.5, 0.6) is 5.06 Å². The zero-order valence-electron chi connectivity index (χ0n) is 19.6. The molecule has 35 heavy (non-hydrogen) atoms. The SMILES string of the molecule is Cn1c(-c2ccc(Cl)cc2)c(C2CCCCC2)c2sc(OC(=O)O)c(CNCc3ccncc3)c21. The van der Waals surface area contributed by atoms with Gasteiger partial charge in [0.1, 0.15) is 0 Å². The van der Waals surface area contributed by atoms with Gasteiger partial charge in [0.2, 0.25) is 0 Å². The van der Waals surface area contributed by atoms with E-state index in [0.29, 0.717) is 29.1 Å². The van der Waals surface area contributed by atoms with Crippen LogP contribution in [-0.2, 0) is 20.1 Å². The molecule has 1 aromatic carbocycles. The third-order valence-corrected chi connectivity index (χ3v) is 8.19. The predicted molar refractivity (Wildman–Crippen MR) is 141 cm³/mol. The Balaban J connectivity index is 1.62. The first kappa shape index (κ1) is 23.9. The number of benzene rings is 1. The summed E-state index contributed by atoms with van der Waals surface area (Å²) in [5.41, 5.74) is 6.65. The highest BCUT2D eigenvalue weighted by Gasteiger charge is 2.30. The lowest BCUT2D eigenvalue weighted by Crippen LogP contribution is -2.14. The van der Waals surface area contributed by atoms with Gasteiger partial charge in [0, 0.05) is 43.1 Å². The minimum Gasteiger partial charge on any atom is -0.449 e. The summed E-state index contributed by atoms with van der Waals surface area (Å²) in [6.45, 7) is 1.14. The van der Waals surface area contributed by atoms with Crippen LogP contribution in [0.1, 0.15) is 54.7 Å². The van der Waals surface area contributed by atoms with Crippen LogP contribution in [-0.4, -0.2) is 20.8 Å². The van der Waals surface area contributed by atoms with Crippen LogP contribution in [0.3, 0.4) is 0 Å². The summed E-state index contributed by atoms with van der Waals surface area (Å²) < 4.78 is 8.65. The molecule has 1 aliphatic rings. The molecule has 1 aliphatic carbocycles. The number of rotatable bonds is 7. The summed E-state index contributed by atoms with van der Waals surface area (Å²) in [4.78, 5) is 15.6. The second-order valence-corrected chi connectivity index (χ2v) is 10.5. The molecule has 0 aliphatic heterocycles. The minimum absolute atomic E-state index is 0.437. The van der Waals surface area contributed by atoms with Crippen molar-refractivity contribution in [1.29, 1.82) is 0 Å². The second kappa shape index (κ2) is 10.4. The molecular weight excluding hydrogens is 482 g/mol. The fourth-order valence-electron chi connectivity index (χ4n) is 5.25. The Kier molecular flexibility index (Phi) is 7.09. The summed E-state index contributed by atoms with van der Waals surface area (Å²) in [7, 11) is 2.07. The van der Waals surface area contributed by atoms with Crippen molar-refractivity contribution in [3.8, 4) is 16.3 Å². The van der Waals surface area contributed by atoms with Crippen molar-refractivity contribution in [2.24, 2.45) is 7.05 Å². The van der Waals surface area contributed by atoms with Crippen molar-refractivity contribution < 1.29 is 14.6 Å². The molecule has 8 heteroatoms. The fraction of sp³-hybridized carbons (Fsp3) is 0.333. The predicted octanol–water partition coefficient (Wildman–Crippen LogP) is 7.35. The number of fused-ring (bicyclic) bond motifs is 1. The van der Waals surface area contributed by atoms with Gasteiger partial charge in [-0.05, 0) is 59.7 Å². The molecule has 0 radical (unpaired) electrons. The maximum Gasteiger partial charge on any atom is 0.512 e. The van der Waals surface area contributed by atoms with Gasteiger partial charge in [0.15, 0.2) is 5.06 Å². The monoisotopic (exact) mass is 509 g/mol. The summed E-state index contributed by atoms with van der Waals surface area (Å²) in [5, 5.41) is 14.1. The number of ether oxygens (including phenoxy) is 1. The third kappa shape index (κ3) is 4.94. The lowest BCUT2D eigenvalue weighted by Gasteiger charge is -2.23. The number of nitrogens with one attached hydrogen (secondary N) is 1. The van der Waals surface area contributed by atoms with Gasteiger partial charge in [-0.15, -0.1) is 0 Å². The lowest BCUT2D eigenvalue weighted by molar-refractivity contribution is 0.145. The molecular formula is C27H28ClN3O3S. The highest BCUT2D eigenvalue weighted by molar-refractivity contribution is 7.21. The van der Waals surface area contributed by atoms with Crippen LogP contribution >= 0.6 is 22.9 Å². The Morgan fingerprint density at radius 1 is 1.14 bits per heavy atom. The highest BCUT2D eigenvalue weighted by atomic mass is 35.5. The van der Waals surface area contributed by atoms with E-state index in [1.165, 1.54) is 41.9 Å². The molecule has 0 saturated heterocycles. The van der Waals surface area contributed by atoms with E-state index in [0.717, 1.165) is 39.7 Å². The molecule has 3 aromatic heterocycles. The number of carboxylic acid groups (broad SMARTS) is 1. The topological polar surface area (TPSA) is 76.4 Å². The van der Waals surface area contributed by atoms with Gasteiger partial charge >= 0.3 is 6.16 Å². The Morgan fingerprint density at radius 3 is 2.54 bits per heavy atom. The van der Waals surface area contributed by atoms with E-state index in [9.17, 15) is 9.90 Å². The highest BCUT2D eigenvalue weighted by Crippen LogP contribution is 2.50. The molecule has 0 bridgehead atoms. The van der Waals surface area contributed by atoms with Crippen molar-refractivity contribution in [3.05, 3.63) is 70.5 Å². The number of hydrogen-bond donors (Lipinski definition) is 2. The Bertz CT molecular complexity index is 1330. The zero-order chi connectivity index (χ0) is 24.4. The van der Waals surface area contributed by atoms with Crippen LogP contribution in [0.25, 0.3) is 21.5 Å². The number of thiophene rings is 1. The van der Waals surface area contributed by atoms with Crippen molar-refractivity contribution in [1.82, 2.24) is 14.9 Å². The summed E-state index contributed by atoms with van der Waals surface area (Å²) >= 11 is 7.65. The minimum atomic E-state index is -1.29. The maximum absolute atomic E-state index is 11.5. The molecule has 0 atom stereocenters. The van der Waals surface area contributed by atoms with Crippen LogP contribution in [0, 0.1) is 0 Å². The first-order valence-corrected chi connectivity index (χ1v) is 13.1. The van der Waals surface area contributed by atoms with Gasteiger partial charge in [-0.2, -0.15) is 0 Å². The van der Waals surface area contributed by atoms with E-state index in [-0.39, 0.29) is 0 Å². The van der Waals surface area contributed by atoms with E-state index < -0.39 is 6.16 Å². The average molecular weight is 510 g/mol. The number of halogens is 1. The Hall–Kier alpha value is -2.87. The quantitative estimate of drug-likeness (QED) is 0.255. The molecule has 6 nitrogen and oxygen atoms in total. The van der Waals surface area contributed by atoms with Gasteiger partial charge in [-0.25, -0.2) is 4.79 Å². The van der Waals surface area contributed by atoms with Gasteiger partial charge in [-0.1, -0.05) is 54.3 Å². The molecule has 0 unspecified atom stereocenters. The third-order valence-electron chi connectivity index (χ3n) is 6.80. The van der Waals surface area contributed by atoms with Crippen LogP contribution in [0.15, 0.2) is 48.8 Å². The molecule has 0 spiro atoms. The van der Waals surface area contributed by atoms with Crippen molar-refractivity contribution in [2.45, 2.75) is 51.1 Å². The second-order valence-electron chi connectivity index (χ2n) is 9.04. The van der Waals surface area contributed by atoms with Crippen LogP contribution in [0.2, 0.25) is 5.02 Å². The Labute approximate surface area is 213 Å². The number of hydrogen-bond acceptors (Lipinski definition) is 5. The molecule has 1 fully saturated rings. The molecule has 5 rings (SSSR count).